The number of hydrogen-bond donors (Lipinski definition) is 2. The molecular weight excluding hydrogens is 262 g/mol. The summed E-state index contributed by atoms with van der Waals surface area (Å²) in [7, 11) is 0. The standard InChI is InChI=1S/C14H22ClN3O/c1-3-18(4-2)9-5-8-17-14(19)12-10-11(15)6-7-13(12)16/h6-7,10H,3-5,8-9,16H2,1-2H3,(H,17,19). The average molecular weight is 284 g/mol. The molecule has 1 aromatic carbocycles. The molecule has 0 radical (unpaired) electrons. The molecule has 0 aliphatic carbocycles. The van der Waals surface area contributed by atoms with E-state index in [-0.39, 0.29) is 5.91 Å². The van der Waals surface area contributed by atoms with Gasteiger partial charge in [0.1, 0.15) is 0 Å². The van der Waals surface area contributed by atoms with Crippen LogP contribution in [0.1, 0.15) is 30.6 Å². The highest BCUT2D eigenvalue weighted by Gasteiger charge is 2.09. The van der Waals surface area contributed by atoms with Gasteiger partial charge in [0.25, 0.3) is 5.91 Å². The second-order valence-corrected chi connectivity index (χ2v) is 4.80. The fourth-order valence-corrected chi connectivity index (χ4v) is 2.04. The van der Waals surface area contributed by atoms with Gasteiger partial charge in [-0.25, -0.2) is 0 Å². The van der Waals surface area contributed by atoms with Gasteiger partial charge in [0.15, 0.2) is 0 Å². The van der Waals surface area contributed by atoms with Crippen molar-refractivity contribution in [1.29, 1.82) is 0 Å². The second kappa shape index (κ2) is 8.02. The van der Waals surface area contributed by atoms with Crippen molar-refractivity contribution in [3.05, 3.63) is 28.8 Å². The Kier molecular flexibility index (Phi) is 6.67. The fraction of sp³-hybridized carbons (Fsp3) is 0.500. The Bertz CT molecular complexity index is 419. The van der Waals surface area contributed by atoms with Gasteiger partial charge < -0.3 is 16.0 Å². The van der Waals surface area contributed by atoms with Crippen molar-refractivity contribution in [3.63, 3.8) is 0 Å². The van der Waals surface area contributed by atoms with Gasteiger partial charge in [-0.05, 0) is 44.3 Å². The molecular formula is C14H22ClN3O. The van der Waals surface area contributed by atoms with Crippen molar-refractivity contribution in [2.24, 2.45) is 0 Å². The molecule has 0 aliphatic rings. The second-order valence-electron chi connectivity index (χ2n) is 4.37. The number of anilines is 1. The molecule has 0 heterocycles. The van der Waals surface area contributed by atoms with Gasteiger partial charge in [0.2, 0.25) is 0 Å². The monoisotopic (exact) mass is 283 g/mol. The predicted molar refractivity (Wildman–Crippen MR) is 80.6 cm³/mol. The number of nitrogens with two attached hydrogens (primary N) is 1. The summed E-state index contributed by atoms with van der Waals surface area (Å²) in [5, 5.41) is 3.38. The Balaban J connectivity index is 2.41. The zero-order chi connectivity index (χ0) is 14.3. The number of carbonyl (C=O) groups excluding carboxylic acids is 1. The van der Waals surface area contributed by atoms with E-state index in [1.165, 1.54) is 0 Å². The highest BCUT2D eigenvalue weighted by Crippen LogP contribution is 2.17. The summed E-state index contributed by atoms with van der Waals surface area (Å²) in [6, 6.07) is 4.91. The first-order valence-electron chi connectivity index (χ1n) is 6.64. The van der Waals surface area contributed by atoms with Crippen molar-refractivity contribution in [2.75, 3.05) is 31.9 Å². The lowest BCUT2D eigenvalue weighted by Crippen LogP contribution is -2.30. The van der Waals surface area contributed by atoms with Crippen molar-refractivity contribution in [1.82, 2.24) is 10.2 Å². The molecule has 106 valence electrons. The van der Waals surface area contributed by atoms with E-state index < -0.39 is 0 Å². The van der Waals surface area contributed by atoms with E-state index in [1.807, 2.05) is 0 Å². The molecule has 1 aromatic rings. The topological polar surface area (TPSA) is 58.4 Å². The van der Waals surface area contributed by atoms with Crippen molar-refractivity contribution >= 4 is 23.2 Å². The summed E-state index contributed by atoms with van der Waals surface area (Å²) in [4.78, 5) is 14.3. The molecule has 1 amide bonds. The molecule has 19 heavy (non-hydrogen) atoms. The van der Waals surface area contributed by atoms with Gasteiger partial charge >= 0.3 is 0 Å². The molecule has 0 bridgehead atoms. The van der Waals surface area contributed by atoms with E-state index in [1.54, 1.807) is 18.2 Å². The number of rotatable bonds is 7. The van der Waals surface area contributed by atoms with Gasteiger partial charge in [0, 0.05) is 17.3 Å². The molecule has 5 heteroatoms. The molecule has 0 spiro atoms. The number of carbonyl (C=O) groups is 1. The van der Waals surface area contributed by atoms with Gasteiger partial charge in [-0.3, -0.25) is 4.79 Å². The molecule has 4 nitrogen and oxygen atoms in total. The third kappa shape index (κ3) is 5.09. The van der Waals surface area contributed by atoms with Crippen molar-refractivity contribution in [3.8, 4) is 0 Å². The maximum Gasteiger partial charge on any atom is 0.253 e. The third-order valence-electron chi connectivity index (χ3n) is 3.09. The van der Waals surface area contributed by atoms with E-state index in [4.69, 9.17) is 17.3 Å². The van der Waals surface area contributed by atoms with Crippen LogP contribution in [0.25, 0.3) is 0 Å². The first-order valence-corrected chi connectivity index (χ1v) is 7.01. The van der Waals surface area contributed by atoms with Crippen LogP contribution in [0, 0.1) is 0 Å². The number of amides is 1. The van der Waals surface area contributed by atoms with Gasteiger partial charge in [0.05, 0.1) is 5.56 Å². The molecule has 0 aliphatic heterocycles. The Morgan fingerprint density at radius 1 is 1.37 bits per heavy atom. The van der Waals surface area contributed by atoms with Crippen LogP contribution in [0.15, 0.2) is 18.2 Å². The van der Waals surface area contributed by atoms with Crippen LogP contribution in [0.4, 0.5) is 5.69 Å². The SMILES string of the molecule is CCN(CC)CCCNC(=O)c1cc(Cl)ccc1N. The maximum atomic E-state index is 11.9. The molecule has 0 unspecified atom stereocenters. The smallest absolute Gasteiger partial charge is 0.253 e. The van der Waals surface area contributed by atoms with Gasteiger partial charge in [-0.1, -0.05) is 25.4 Å². The summed E-state index contributed by atoms with van der Waals surface area (Å²) in [6.45, 7) is 7.96. The zero-order valence-electron chi connectivity index (χ0n) is 11.6. The lowest BCUT2D eigenvalue weighted by Gasteiger charge is -2.17. The van der Waals surface area contributed by atoms with Crippen LogP contribution in [0.3, 0.4) is 0 Å². The molecule has 0 saturated heterocycles. The van der Waals surface area contributed by atoms with E-state index in [9.17, 15) is 4.79 Å². The summed E-state index contributed by atoms with van der Waals surface area (Å²) >= 11 is 5.86. The van der Waals surface area contributed by atoms with Gasteiger partial charge in [-0.15, -0.1) is 0 Å². The minimum absolute atomic E-state index is 0.167. The van der Waals surface area contributed by atoms with Crippen molar-refractivity contribution in [2.45, 2.75) is 20.3 Å². The number of halogens is 1. The Morgan fingerprint density at radius 3 is 2.68 bits per heavy atom. The first kappa shape index (κ1) is 15.8. The van der Waals surface area contributed by atoms with Crippen molar-refractivity contribution < 1.29 is 4.79 Å². The van der Waals surface area contributed by atoms with Crippen LogP contribution >= 0.6 is 11.6 Å². The van der Waals surface area contributed by atoms with Gasteiger partial charge in [-0.2, -0.15) is 0 Å². The largest absolute Gasteiger partial charge is 0.398 e. The van der Waals surface area contributed by atoms with Crippen LogP contribution in [0.2, 0.25) is 5.02 Å². The summed E-state index contributed by atoms with van der Waals surface area (Å²) in [5.41, 5.74) is 6.65. The lowest BCUT2D eigenvalue weighted by atomic mass is 10.1. The summed E-state index contributed by atoms with van der Waals surface area (Å²) in [6.07, 6.45) is 0.924. The Morgan fingerprint density at radius 2 is 2.05 bits per heavy atom. The highest BCUT2D eigenvalue weighted by atomic mass is 35.5. The van der Waals surface area contributed by atoms with Crippen LogP contribution in [-0.2, 0) is 0 Å². The lowest BCUT2D eigenvalue weighted by molar-refractivity contribution is 0.0952. The number of nitrogens with one attached hydrogen (secondary N) is 1. The Labute approximate surface area is 119 Å². The summed E-state index contributed by atoms with van der Waals surface area (Å²) in [5.74, 6) is -0.167. The number of nitrogens with zero attached hydrogens (tertiary/aromatic N) is 1. The third-order valence-corrected chi connectivity index (χ3v) is 3.33. The summed E-state index contributed by atoms with van der Waals surface area (Å²) < 4.78 is 0. The zero-order valence-corrected chi connectivity index (χ0v) is 12.3. The quantitative estimate of drug-likeness (QED) is 0.597. The number of hydrogen-bond acceptors (Lipinski definition) is 3. The van der Waals surface area contributed by atoms with Crippen LogP contribution in [0.5, 0.6) is 0 Å². The fourth-order valence-electron chi connectivity index (χ4n) is 1.86. The molecule has 3 N–H and O–H groups in total. The number of nitrogen functional groups attached to an aromatic ring is 1. The molecule has 0 atom stereocenters. The number of benzene rings is 1. The molecule has 1 rings (SSSR count). The average Bonchev–Trinajstić information content (AvgIpc) is 2.41. The van der Waals surface area contributed by atoms with Crippen LogP contribution in [-0.4, -0.2) is 37.0 Å². The van der Waals surface area contributed by atoms with Crippen LogP contribution < -0.4 is 11.1 Å². The predicted octanol–water partition coefficient (Wildman–Crippen LogP) is 2.38. The maximum absolute atomic E-state index is 11.9. The first-order chi connectivity index (χ1) is 9.08. The molecule has 0 fully saturated rings. The van der Waals surface area contributed by atoms with E-state index in [0.717, 1.165) is 26.1 Å². The minimum atomic E-state index is -0.167. The minimum Gasteiger partial charge on any atom is -0.398 e. The van der Waals surface area contributed by atoms with E-state index >= 15 is 0 Å². The molecule has 0 aromatic heterocycles. The van der Waals surface area contributed by atoms with E-state index in [2.05, 4.69) is 24.1 Å². The highest BCUT2D eigenvalue weighted by molar-refractivity contribution is 6.31. The molecule has 0 saturated carbocycles. The Hall–Kier alpha value is -1.26. The van der Waals surface area contributed by atoms with E-state index in [0.29, 0.717) is 22.8 Å². The normalized spacial score (nSPS) is 10.7.